The normalized spacial score (nSPS) is 32.8. The van der Waals surface area contributed by atoms with Crippen LogP contribution in [0.5, 0.6) is 17.2 Å². The Kier molecular flexibility index (Phi) is 7.71. The first-order valence-corrected chi connectivity index (χ1v) is 12.3. The van der Waals surface area contributed by atoms with Gasteiger partial charge in [-0.15, -0.1) is 0 Å². The van der Waals surface area contributed by atoms with Gasteiger partial charge in [-0.1, -0.05) is 0 Å². The third kappa shape index (κ3) is 4.89. The van der Waals surface area contributed by atoms with Gasteiger partial charge in [0.25, 0.3) is 0 Å². The quantitative estimate of drug-likeness (QED) is 0.172. The minimum atomic E-state index is -1.84. The number of hydrogen-bond donors (Lipinski definition) is 9. The first-order chi connectivity index (χ1) is 19.0. The molecule has 14 nitrogen and oxygen atoms in total. The third-order valence-corrected chi connectivity index (χ3v) is 7.05. The molecule has 40 heavy (non-hydrogen) atoms. The van der Waals surface area contributed by atoms with Crippen LogP contribution in [0.2, 0.25) is 0 Å². The second-order valence-electron chi connectivity index (χ2n) is 9.66. The van der Waals surface area contributed by atoms with Crippen LogP contribution in [-0.2, 0) is 14.2 Å². The van der Waals surface area contributed by atoms with E-state index in [4.69, 9.17) is 18.6 Å². The van der Waals surface area contributed by atoms with E-state index >= 15 is 0 Å². The molecular weight excluding hydrogens is 536 g/mol. The fourth-order valence-electron chi connectivity index (χ4n) is 4.89. The Balaban J connectivity index is 1.66. The van der Waals surface area contributed by atoms with Crippen molar-refractivity contribution in [3.8, 4) is 28.6 Å². The van der Waals surface area contributed by atoms with Crippen LogP contribution in [0, 0.1) is 0 Å². The summed E-state index contributed by atoms with van der Waals surface area (Å²) in [6, 6.07) is 7.52. The van der Waals surface area contributed by atoms with Gasteiger partial charge >= 0.3 is 0 Å². The van der Waals surface area contributed by atoms with Crippen LogP contribution in [0.3, 0.4) is 0 Å². The Labute approximate surface area is 225 Å². The molecule has 0 amide bonds. The van der Waals surface area contributed by atoms with Crippen LogP contribution in [0.4, 0.5) is 0 Å². The number of aliphatic hydroxyl groups excluding tert-OH is 6. The van der Waals surface area contributed by atoms with Crippen LogP contribution in [0.25, 0.3) is 22.3 Å². The molecule has 9 N–H and O–H groups in total. The highest BCUT2D eigenvalue weighted by Crippen LogP contribution is 2.45. The first-order valence-electron chi connectivity index (χ1n) is 12.3. The van der Waals surface area contributed by atoms with Gasteiger partial charge in [-0.2, -0.15) is 0 Å². The van der Waals surface area contributed by atoms with Crippen molar-refractivity contribution in [1.29, 1.82) is 0 Å². The number of aromatic hydroxyl groups is 3. The lowest BCUT2D eigenvalue weighted by Crippen LogP contribution is -2.60. The Bertz CT molecular complexity index is 1420. The minimum absolute atomic E-state index is 0.0283. The molecule has 0 spiro atoms. The summed E-state index contributed by atoms with van der Waals surface area (Å²) in [7, 11) is 0. The molecule has 2 saturated heterocycles. The van der Waals surface area contributed by atoms with Gasteiger partial charge < -0.3 is 64.6 Å². The average Bonchev–Trinajstić information content (AvgIpc) is 2.92. The number of rotatable bonds is 5. The average molecular weight is 564 g/mol. The van der Waals surface area contributed by atoms with E-state index in [9.17, 15) is 50.8 Å². The van der Waals surface area contributed by atoms with Gasteiger partial charge in [0.1, 0.15) is 77.2 Å². The van der Waals surface area contributed by atoms with Crippen LogP contribution < -0.4 is 5.43 Å². The maximum atomic E-state index is 13.1. The number of phenolic OH excluding ortho intramolecular Hbond substituents is 3. The molecule has 216 valence electrons. The summed E-state index contributed by atoms with van der Waals surface area (Å²) < 4.78 is 22.7. The molecule has 2 aliphatic heterocycles. The smallest absolute Gasteiger partial charge is 0.197 e. The van der Waals surface area contributed by atoms with Crippen molar-refractivity contribution < 1.29 is 64.6 Å². The SMILES string of the molecule is O=c1cc(-c2ccc(O)cc2)oc2c([C@@H]3O[C@H](CO)[C@@H](O)[C@H](O)[C@H]3O[C@@H]3OC[C@H](O)[C@@H](O)[C@@H]3O)c(O)cc(O)c12. The van der Waals surface area contributed by atoms with E-state index in [1.54, 1.807) is 0 Å². The molecule has 0 saturated carbocycles. The van der Waals surface area contributed by atoms with Crippen molar-refractivity contribution in [1.82, 2.24) is 0 Å². The topological polar surface area (TPSA) is 240 Å². The maximum absolute atomic E-state index is 13.1. The summed E-state index contributed by atoms with van der Waals surface area (Å²) in [6.45, 7) is -1.23. The van der Waals surface area contributed by atoms with Crippen LogP contribution in [-0.4, -0.2) is 108 Å². The van der Waals surface area contributed by atoms with Crippen molar-refractivity contribution in [2.24, 2.45) is 0 Å². The number of aliphatic hydroxyl groups is 6. The van der Waals surface area contributed by atoms with Crippen molar-refractivity contribution in [3.63, 3.8) is 0 Å². The zero-order valence-electron chi connectivity index (χ0n) is 20.6. The predicted molar refractivity (Wildman–Crippen MR) is 132 cm³/mol. The molecule has 2 aliphatic rings. The third-order valence-electron chi connectivity index (χ3n) is 7.05. The molecule has 2 aromatic carbocycles. The molecule has 0 aliphatic carbocycles. The maximum Gasteiger partial charge on any atom is 0.197 e. The Morgan fingerprint density at radius 3 is 2.25 bits per heavy atom. The van der Waals surface area contributed by atoms with E-state index in [0.717, 1.165) is 12.1 Å². The van der Waals surface area contributed by atoms with Gasteiger partial charge in [0.15, 0.2) is 17.3 Å². The molecule has 9 atom stereocenters. The number of fused-ring (bicyclic) bond motifs is 1. The van der Waals surface area contributed by atoms with Crippen LogP contribution in [0.15, 0.2) is 45.6 Å². The summed E-state index contributed by atoms with van der Waals surface area (Å²) in [6.07, 6.45) is -14.8. The van der Waals surface area contributed by atoms with E-state index in [0.29, 0.717) is 5.56 Å². The lowest BCUT2D eigenvalue weighted by Gasteiger charge is -2.45. The van der Waals surface area contributed by atoms with E-state index < -0.39 is 85.3 Å². The van der Waals surface area contributed by atoms with Gasteiger partial charge in [-0.25, -0.2) is 0 Å². The molecule has 3 heterocycles. The van der Waals surface area contributed by atoms with E-state index in [-0.39, 0.29) is 28.0 Å². The zero-order chi connectivity index (χ0) is 28.9. The standard InChI is InChI=1S/C26H28O14/c27-7-16-20(34)21(35)25(40-26-22(36)19(33)14(32)8-37-26)24(39-16)18-12(30)5-11(29)17-13(31)6-15(38-23(17)18)9-1-3-10(28)4-2-9/h1-6,14,16,19-22,24-30,32-36H,7-8H2/t14-,16+,19+,20+,21-,22-,24-,25+,26-/m0/s1. The first kappa shape index (κ1) is 28.2. The number of hydrogen-bond acceptors (Lipinski definition) is 14. The molecule has 3 aromatic rings. The van der Waals surface area contributed by atoms with Gasteiger partial charge in [0, 0.05) is 17.7 Å². The van der Waals surface area contributed by atoms with Gasteiger partial charge in [-0.3, -0.25) is 4.79 Å². The van der Waals surface area contributed by atoms with Crippen molar-refractivity contribution in [2.75, 3.05) is 13.2 Å². The summed E-state index contributed by atoms with van der Waals surface area (Å²) in [5.41, 5.74) is -1.07. The molecule has 5 rings (SSSR count). The van der Waals surface area contributed by atoms with Gasteiger partial charge in [-0.05, 0) is 24.3 Å². The highest BCUT2D eigenvalue weighted by molar-refractivity contribution is 5.89. The minimum Gasteiger partial charge on any atom is -0.508 e. The molecule has 14 heteroatoms. The monoisotopic (exact) mass is 564 g/mol. The number of benzene rings is 2. The molecule has 0 radical (unpaired) electrons. The lowest BCUT2D eigenvalue weighted by molar-refractivity contribution is -0.325. The van der Waals surface area contributed by atoms with Crippen LogP contribution >= 0.6 is 0 Å². The second kappa shape index (κ2) is 10.9. The summed E-state index contributed by atoms with van der Waals surface area (Å²) in [4.78, 5) is 13.1. The van der Waals surface area contributed by atoms with E-state index in [1.165, 1.54) is 24.3 Å². The predicted octanol–water partition coefficient (Wildman–Crippen LogP) is -1.45. The molecule has 2 fully saturated rings. The number of ether oxygens (including phenoxy) is 3. The molecule has 0 bridgehead atoms. The second-order valence-corrected chi connectivity index (χ2v) is 9.66. The molecule has 0 unspecified atom stereocenters. The van der Waals surface area contributed by atoms with Crippen LogP contribution in [0.1, 0.15) is 11.7 Å². The summed E-state index contributed by atoms with van der Waals surface area (Å²) >= 11 is 0. The van der Waals surface area contributed by atoms with Crippen molar-refractivity contribution in [3.05, 3.63) is 52.2 Å². The van der Waals surface area contributed by atoms with Crippen molar-refractivity contribution in [2.45, 2.75) is 55.1 Å². The van der Waals surface area contributed by atoms with E-state index in [1.807, 2.05) is 0 Å². The molecular formula is C26H28O14. The summed E-state index contributed by atoms with van der Waals surface area (Å²) in [5.74, 6) is -1.39. The highest BCUT2D eigenvalue weighted by atomic mass is 16.7. The fourth-order valence-corrected chi connectivity index (χ4v) is 4.89. The molecule has 1 aromatic heterocycles. The zero-order valence-corrected chi connectivity index (χ0v) is 20.6. The fraction of sp³-hybridized carbons (Fsp3) is 0.423. The summed E-state index contributed by atoms with van der Waals surface area (Å²) in [5, 5.41) is 92.2. The largest absolute Gasteiger partial charge is 0.508 e. The van der Waals surface area contributed by atoms with Crippen molar-refractivity contribution >= 4 is 11.0 Å². The lowest BCUT2D eigenvalue weighted by atomic mass is 9.89. The number of phenols is 3. The Morgan fingerprint density at radius 1 is 0.875 bits per heavy atom. The van der Waals surface area contributed by atoms with E-state index in [2.05, 4.69) is 0 Å². The Morgan fingerprint density at radius 2 is 1.57 bits per heavy atom. The van der Waals surface area contributed by atoms with Gasteiger partial charge in [0.2, 0.25) is 0 Å². The Hall–Kier alpha value is -3.31. The van der Waals surface area contributed by atoms with Gasteiger partial charge in [0.05, 0.1) is 18.8 Å². The highest BCUT2D eigenvalue weighted by Gasteiger charge is 2.50.